The van der Waals surface area contributed by atoms with E-state index in [0.717, 1.165) is 31.6 Å². The fraction of sp³-hybridized carbons (Fsp3) is 0.571. The van der Waals surface area contributed by atoms with E-state index < -0.39 is 10.7 Å². The van der Waals surface area contributed by atoms with Crippen molar-refractivity contribution in [1.82, 2.24) is 0 Å². The van der Waals surface area contributed by atoms with Crippen LogP contribution >= 0.6 is 22.6 Å². The average Bonchev–Trinajstić information content (AvgIpc) is 2.43. The molecule has 1 fully saturated rings. The summed E-state index contributed by atoms with van der Waals surface area (Å²) in [5.74, 6) is 0.345. The molecule has 1 saturated carbocycles. The van der Waals surface area contributed by atoms with E-state index in [1.165, 1.54) is 18.6 Å². The number of halogens is 2. The number of nitro groups is 1. The topological polar surface area (TPSA) is 55.2 Å². The Morgan fingerprint density at radius 3 is 2.60 bits per heavy atom. The van der Waals surface area contributed by atoms with Gasteiger partial charge in [-0.05, 0) is 54.2 Å². The summed E-state index contributed by atoms with van der Waals surface area (Å²) < 4.78 is 13.9. The van der Waals surface area contributed by atoms with Gasteiger partial charge in [-0.1, -0.05) is 13.3 Å². The van der Waals surface area contributed by atoms with E-state index >= 15 is 0 Å². The highest BCUT2D eigenvalue weighted by atomic mass is 127. The smallest absolute Gasteiger partial charge is 0.293 e. The van der Waals surface area contributed by atoms with Crippen LogP contribution in [0.2, 0.25) is 0 Å². The summed E-state index contributed by atoms with van der Waals surface area (Å²) in [6.45, 7) is 2.19. The zero-order valence-electron chi connectivity index (χ0n) is 11.4. The maximum atomic E-state index is 13.6. The van der Waals surface area contributed by atoms with E-state index in [2.05, 4.69) is 12.2 Å². The Morgan fingerprint density at radius 2 is 2.05 bits per heavy atom. The van der Waals surface area contributed by atoms with Crippen LogP contribution in [0.1, 0.15) is 39.0 Å². The number of nitrogens with one attached hydrogen (secondary N) is 1. The van der Waals surface area contributed by atoms with Crippen molar-refractivity contribution in [1.29, 1.82) is 0 Å². The third kappa shape index (κ3) is 3.59. The molecule has 6 heteroatoms. The highest BCUT2D eigenvalue weighted by molar-refractivity contribution is 14.1. The Balaban J connectivity index is 2.13. The van der Waals surface area contributed by atoms with E-state index in [-0.39, 0.29) is 15.3 Å². The Kier molecular flexibility index (Phi) is 5.17. The quantitative estimate of drug-likeness (QED) is 0.458. The van der Waals surface area contributed by atoms with Crippen LogP contribution in [0.4, 0.5) is 15.8 Å². The molecular weight excluding hydrogens is 374 g/mol. The zero-order chi connectivity index (χ0) is 14.7. The lowest BCUT2D eigenvalue weighted by Gasteiger charge is -2.29. The molecule has 0 saturated heterocycles. The van der Waals surface area contributed by atoms with Crippen molar-refractivity contribution >= 4 is 34.0 Å². The van der Waals surface area contributed by atoms with Gasteiger partial charge in [-0.3, -0.25) is 10.1 Å². The van der Waals surface area contributed by atoms with E-state index in [9.17, 15) is 14.5 Å². The van der Waals surface area contributed by atoms with Crippen LogP contribution < -0.4 is 5.32 Å². The lowest BCUT2D eigenvalue weighted by molar-refractivity contribution is -0.384. The molecule has 1 aliphatic carbocycles. The molecule has 0 amide bonds. The van der Waals surface area contributed by atoms with Gasteiger partial charge >= 0.3 is 0 Å². The van der Waals surface area contributed by atoms with E-state index in [0.29, 0.717) is 5.69 Å². The first-order valence-corrected chi connectivity index (χ1v) is 7.99. The third-order valence-electron chi connectivity index (χ3n) is 4.02. The second kappa shape index (κ2) is 6.69. The number of hydrogen-bond donors (Lipinski definition) is 1. The summed E-state index contributed by atoms with van der Waals surface area (Å²) in [5.41, 5.74) is 0.251. The largest absolute Gasteiger partial charge is 0.377 e. The highest BCUT2D eigenvalue weighted by Gasteiger charge is 2.23. The molecule has 0 aromatic heterocycles. The summed E-state index contributed by atoms with van der Waals surface area (Å²) in [6, 6.07) is 2.73. The van der Waals surface area contributed by atoms with Gasteiger partial charge in [0.2, 0.25) is 0 Å². The molecule has 0 atom stereocenters. The maximum Gasteiger partial charge on any atom is 0.293 e. The predicted molar refractivity (Wildman–Crippen MR) is 85.4 cm³/mol. The molecular formula is C14H18FIN2O2. The molecule has 1 aromatic carbocycles. The molecule has 0 heterocycles. The summed E-state index contributed by atoms with van der Waals surface area (Å²) in [7, 11) is 0. The number of anilines is 1. The molecule has 2 rings (SSSR count). The van der Waals surface area contributed by atoms with Gasteiger partial charge in [0.1, 0.15) is 11.5 Å². The number of benzene rings is 1. The molecule has 1 N–H and O–H groups in total. The van der Waals surface area contributed by atoms with Gasteiger partial charge in [-0.2, -0.15) is 0 Å². The zero-order valence-corrected chi connectivity index (χ0v) is 13.5. The van der Waals surface area contributed by atoms with Crippen LogP contribution in [0, 0.1) is 25.4 Å². The van der Waals surface area contributed by atoms with Gasteiger partial charge in [0.15, 0.2) is 0 Å². The number of nitrogens with zero attached hydrogens (tertiary/aromatic N) is 1. The minimum Gasteiger partial charge on any atom is -0.377 e. The van der Waals surface area contributed by atoms with Crippen LogP contribution in [-0.2, 0) is 0 Å². The van der Waals surface area contributed by atoms with Gasteiger partial charge in [-0.25, -0.2) is 4.39 Å². The van der Waals surface area contributed by atoms with E-state index in [1.807, 2.05) is 0 Å². The fourth-order valence-electron chi connectivity index (χ4n) is 2.74. The van der Waals surface area contributed by atoms with Crippen molar-refractivity contribution in [3.8, 4) is 0 Å². The Labute approximate surface area is 131 Å². The van der Waals surface area contributed by atoms with Crippen molar-refractivity contribution in [3.05, 3.63) is 31.6 Å². The van der Waals surface area contributed by atoms with Gasteiger partial charge in [0.25, 0.3) is 5.69 Å². The number of hydrogen-bond acceptors (Lipinski definition) is 3. The van der Waals surface area contributed by atoms with Crippen molar-refractivity contribution in [3.63, 3.8) is 0 Å². The van der Waals surface area contributed by atoms with E-state index in [4.69, 9.17) is 0 Å². The lowest BCUT2D eigenvalue weighted by Crippen LogP contribution is -2.26. The van der Waals surface area contributed by atoms with Crippen LogP contribution in [0.5, 0.6) is 0 Å². The lowest BCUT2D eigenvalue weighted by atomic mass is 9.84. The highest BCUT2D eigenvalue weighted by Crippen LogP contribution is 2.33. The number of nitro benzene ring substituents is 1. The van der Waals surface area contributed by atoms with Crippen LogP contribution in [-0.4, -0.2) is 11.0 Å². The summed E-state index contributed by atoms with van der Waals surface area (Å²) in [6.07, 6.45) is 5.43. The first-order valence-electron chi connectivity index (χ1n) is 6.91. The monoisotopic (exact) mass is 392 g/mol. The predicted octanol–water partition coefficient (Wildman–Crippen LogP) is 4.72. The summed E-state index contributed by atoms with van der Waals surface area (Å²) in [5, 5.41) is 14.2. The molecule has 0 radical (unpaired) electrons. The minimum absolute atomic E-state index is 0.0478. The SMILES string of the molecule is CCC1CCC(Nc2cc(F)c(I)cc2[N+](=O)[O-])CC1. The Morgan fingerprint density at radius 1 is 1.40 bits per heavy atom. The van der Waals surface area contributed by atoms with Crippen molar-refractivity contribution in [2.75, 3.05) is 5.32 Å². The van der Waals surface area contributed by atoms with Crippen molar-refractivity contribution in [2.45, 2.75) is 45.1 Å². The molecule has 0 unspecified atom stereocenters. The first-order chi connectivity index (χ1) is 9.51. The average molecular weight is 392 g/mol. The summed E-state index contributed by atoms with van der Waals surface area (Å²) >= 11 is 1.77. The molecule has 1 aliphatic rings. The van der Waals surface area contributed by atoms with Crippen molar-refractivity contribution in [2.24, 2.45) is 5.92 Å². The normalized spacial score (nSPS) is 22.6. The van der Waals surface area contributed by atoms with Gasteiger partial charge in [-0.15, -0.1) is 0 Å². The second-order valence-electron chi connectivity index (χ2n) is 5.31. The van der Waals surface area contributed by atoms with Crippen LogP contribution in [0.25, 0.3) is 0 Å². The Hall–Kier alpha value is -0.920. The fourth-order valence-corrected chi connectivity index (χ4v) is 3.19. The molecule has 20 heavy (non-hydrogen) atoms. The minimum atomic E-state index is -0.457. The summed E-state index contributed by atoms with van der Waals surface area (Å²) in [4.78, 5) is 10.6. The Bertz CT molecular complexity index is 502. The van der Waals surface area contributed by atoms with E-state index in [1.54, 1.807) is 22.6 Å². The molecule has 110 valence electrons. The third-order valence-corrected chi connectivity index (χ3v) is 4.85. The standard InChI is InChI=1S/C14H18FIN2O2/c1-2-9-3-5-10(6-4-9)17-13-7-11(15)12(16)8-14(13)18(19)20/h7-10,17H,2-6H2,1H3. The van der Waals surface area contributed by atoms with Crippen LogP contribution in [0.15, 0.2) is 12.1 Å². The van der Waals surface area contributed by atoms with Gasteiger partial charge < -0.3 is 5.32 Å². The molecule has 0 spiro atoms. The first kappa shape index (κ1) is 15.5. The number of rotatable bonds is 4. The molecule has 1 aromatic rings. The van der Waals surface area contributed by atoms with Crippen LogP contribution in [0.3, 0.4) is 0 Å². The van der Waals surface area contributed by atoms with Crippen molar-refractivity contribution < 1.29 is 9.31 Å². The second-order valence-corrected chi connectivity index (χ2v) is 6.47. The van der Waals surface area contributed by atoms with Gasteiger partial charge in [0, 0.05) is 18.2 Å². The maximum absolute atomic E-state index is 13.6. The molecule has 4 nitrogen and oxygen atoms in total. The molecule has 0 aliphatic heterocycles. The van der Waals surface area contributed by atoms with Gasteiger partial charge in [0.05, 0.1) is 8.49 Å². The molecule has 0 bridgehead atoms.